The molecule has 18 heavy (non-hydrogen) atoms. The highest BCUT2D eigenvalue weighted by atomic mass is 16.3. The molecule has 2 N–H and O–H groups in total. The maximum atomic E-state index is 11.8. The number of fused-ring (bicyclic) bond motifs is 1. The van der Waals surface area contributed by atoms with Crippen molar-refractivity contribution in [1.29, 1.82) is 0 Å². The molecule has 0 aliphatic rings. The van der Waals surface area contributed by atoms with Gasteiger partial charge in [0, 0.05) is 25.1 Å². The third-order valence-corrected chi connectivity index (χ3v) is 2.72. The van der Waals surface area contributed by atoms with Crippen molar-refractivity contribution in [2.75, 3.05) is 18.9 Å². The highest BCUT2D eigenvalue weighted by Crippen LogP contribution is 2.20. The van der Waals surface area contributed by atoms with E-state index in [4.69, 9.17) is 4.42 Å². The number of aryl methyl sites for hydroxylation is 1. The van der Waals surface area contributed by atoms with E-state index in [1.165, 1.54) is 0 Å². The Morgan fingerprint density at radius 1 is 1.50 bits per heavy atom. The molecule has 5 heteroatoms. The number of nitrogens with zero attached hydrogens (tertiary/aromatic N) is 1. The summed E-state index contributed by atoms with van der Waals surface area (Å²) in [7, 11) is 1.83. The number of hydrogen-bond donors (Lipinski definition) is 2. The van der Waals surface area contributed by atoms with Gasteiger partial charge in [0.25, 0.3) is 0 Å². The van der Waals surface area contributed by atoms with E-state index in [1.807, 2.05) is 32.2 Å². The van der Waals surface area contributed by atoms with Crippen LogP contribution in [0.2, 0.25) is 0 Å². The lowest BCUT2D eigenvalue weighted by atomic mass is 10.1. The number of benzene rings is 1. The molecule has 0 aliphatic heterocycles. The number of carbonyl (C=O) groups is 1. The molecule has 0 spiro atoms. The van der Waals surface area contributed by atoms with Gasteiger partial charge in [0.15, 0.2) is 11.5 Å². The fourth-order valence-corrected chi connectivity index (χ4v) is 1.78. The van der Waals surface area contributed by atoms with E-state index in [1.54, 1.807) is 6.92 Å². The van der Waals surface area contributed by atoms with Gasteiger partial charge < -0.3 is 15.1 Å². The standard InChI is InChI=1S/C13H17N3O2/c1-8(7-14-3)13(17)16-10-4-5-12-11(6-10)15-9(2)18-12/h4-6,8,14H,7H2,1-3H3,(H,16,17). The Morgan fingerprint density at radius 3 is 3.00 bits per heavy atom. The van der Waals surface area contributed by atoms with E-state index in [0.717, 1.165) is 16.8 Å². The van der Waals surface area contributed by atoms with Gasteiger partial charge in [-0.25, -0.2) is 4.98 Å². The van der Waals surface area contributed by atoms with Crippen molar-refractivity contribution in [2.45, 2.75) is 13.8 Å². The number of amides is 1. The van der Waals surface area contributed by atoms with Crippen molar-refractivity contribution in [3.8, 4) is 0 Å². The van der Waals surface area contributed by atoms with Gasteiger partial charge in [0.1, 0.15) is 5.52 Å². The Labute approximate surface area is 106 Å². The van der Waals surface area contributed by atoms with Crippen molar-refractivity contribution < 1.29 is 9.21 Å². The normalized spacial score (nSPS) is 12.6. The Morgan fingerprint density at radius 2 is 2.28 bits per heavy atom. The molecule has 1 unspecified atom stereocenters. The summed E-state index contributed by atoms with van der Waals surface area (Å²) >= 11 is 0. The van der Waals surface area contributed by atoms with Crippen molar-refractivity contribution in [2.24, 2.45) is 5.92 Å². The monoisotopic (exact) mass is 247 g/mol. The molecule has 2 aromatic rings. The van der Waals surface area contributed by atoms with Crippen LogP contribution in [-0.2, 0) is 4.79 Å². The summed E-state index contributed by atoms with van der Waals surface area (Å²) < 4.78 is 5.38. The highest BCUT2D eigenvalue weighted by molar-refractivity contribution is 5.94. The minimum Gasteiger partial charge on any atom is -0.441 e. The van der Waals surface area contributed by atoms with Gasteiger partial charge in [-0.2, -0.15) is 0 Å². The molecule has 1 aromatic heterocycles. The number of hydrogen-bond acceptors (Lipinski definition) is 4. The zero-order chi connectivity index (χ0) is 13.1. The summed E-state index contributed by atoms with van der Waals surface area (Å²) in [5, 5.41) is 5.85. The number of carbonyl (C=O) groups excluding carboxylic acids is 1. The van der Waals surface area contributed by atoms with E-state index >= 15 is 0 Å². The number of aromatic nitrogens is 1. The minimum atomic E-state index is -0.0789. The van der Waals surface area contributed by atoms with Crippen LogP contribution in [0.3, 0.4) is 0 Å². The first-order valence-corrected chi connectivity index (χ1v) is 5.93. The first-order valence-electron chi connectivity index (χ1n) is 5.93. The van der Waals surface area contributed by atoms with Crippen molar-refractivity contribution in [1.82, 2.24) is 10.3 Å². The third-order valence-electron chi connectivity index (χ3n) is 2.72. The second-order valence-electron chi connectivity index (χ2n) is 4.36. The van der Waals surface area contributed by atoms with Gasteiger partial charge in [-0.1, -0.05) is 6.92 Å². The van der Waals surface area contributed by atoms with Crippen molar-refractivity contribution >= 4 is 22.7 Å². The molecule has 5 nitrogen and oxygen atoms in total. The van der Waals surface area contributed by atoms with E-state index in [9.17, 15) is 4.79 Å². The van der Waals surface area contributed by atoms with Crippen LogP contribution in [0.5, 0.6) is 0 Å². The zero-order valence-electron chi connectivity index (χ0n) is 10.8. The zero-order valence-corrected chi connectivity index (χ0v) is 10.8. The van der Waals surface area contributed by atoms with Gasteiger partial charge in [-0.05, 0) is 25.2 Å². The molecule has 0 saturated carbocycles. The van der Waals surface area contributed by atoms with Crippen LogP contribution in [0.25, 0.3) is 11.1 Å². The van der Waals surface area contributed by atoms with E-state index in [2.05, 4.69) is 15.6 Å². The lowest BCUT2D eigenvalue weighted by molar-refractivity contribution is -0.119. The van der Waals surface area contributed by atoms with E-state index in [0.29, 0.717) is 12.4 Å². The van der Waals surface area contributed by atoms with Crippen LogP contribution in [-0.4, -0.2) is 24.5 Å². The van der Waals surface area contributed by atoms with Gasteiger partial charge in [-0.15, -0.1) is 0 Å². The van der Waals surface area contributed by atoms with Crippen LogP contribution < -0.4 is 10.6 Å². The molecular formula is C13H17N3O2. The molecule has 0 saturated heterocycles. The number of nitrogens with one attached hydrogen (secondary N) is 2. The summed E-state index contributed by atoms with van der Waals surface area (Å²) in [6.45, 7) is 4.33. The average Bonchev–Trinajstić information content (AvgIpc) is 2.68. The van der Waals surface area contributed by atoms with Gasteiger partial charge in [-0.3, -0.25) is 4.79 Å². The second kappa shape index (κ2) is 5.18. The quantitative estimate of drug-likeness (QED) is 0.866. The minimum absolute atomic E-state index is 0.0103. The SMILES string of the molecule is CNCC(C)C(=O)Nc1ccc2oc(C)nc2c1. The van der Waals surface area contributed by atoms with Crippen LogP contribution in [0.4, 0.5) is 5.69 Å². The van der Waals surface area contributed by atoms with Crippen LogP contribution in [0.1, 0.15) is 12.8 Å². The predicted molar refractivity (Wildman–Crippen MR) is 70.5 cm³/mol. The Hall–Kier alpha value is -1.88. The van der Waals surface area contributed by atoms with Crippen molar-refractivity contribution in [3.05, 3.63) is 24.1 Å². The molecule has 0 aliphatic carbocycles. The Kier molecular flexibility index (Phi) is 3.62. The first kappa shape index (κ1) is 12.6. The second-order valence-corrected chi connectivity index (χ2v) is 4.36. The van der Waals surface area contributed by atoms with Crippen molar-refractivity contribution in [3.63, 3.8) is 0 Å². The Bertz CT molecular complexity index is 562. The lowest BCUT2D eigenvalue weighted by Crippen LogP contribution is -2.28. The van der Waals surface area contributed by atoms with E-state index < -0.39 is 0 Å². The number of rotatable bonds is 4. The average molecular weight is 247 g/mol. The van der Waals surface area contributed by atoms with Crippen LogP contribution in [0, 0.1) is 12.8 Å². The lowest BCUT2D eigenvalue weighted by Gasteiger charge is -2.11. The molecule has 1 heterocycles. The molecule has 0 fully saturated rings. The first-order chi connectivity index (χ1) is 8.60. The fourth-order valence-electron chi connectivity index (χ4n) is 1.78. The summed E-state index contributed by atoms with van der Waals surface area (Å²) in [5.74, 6) is 0.533. The fraction of sp³-hybridized carbons (Fsp3) is 0.385. The number of oxazole rings is 1. The largest absolute Gasteiger partial charge is 0.441 e. The van der Waals surface area contributed by atoms with Gasteiger partial charge in [0.2, 0.25) is 5.91 Å². The molecule has 0 radical (unpaired) electrons. The third kappa shape index (κ3) is 2.68. The Balaban J connectivity index is 2.14. The summed E-state index contributed by atoms with van der Waals surface area (Å²) in [5.41, 5.74) is 2.23. The molecule has 2 rings (SSSR count). The van der Waals surface area contributed by atoms with E-state index in [-0.39, 0.29) is 11.8 Å². The summed E-state index contributed by atoms with van der Waals surface area (Å²) in [6.07, 6.45) is 0. The molecule has 96 valence electrons. The summed E-state index contributed by atoms with van der Waals surface area (Å²) in [6, 6.07) is 5.44. The predicted octanol–water partition coefficient (Wildman–Crippen LogP) is 1.93. The maximum Gasteiger partial charge on any atom is 0.228 e. The molecule has 0 bridgehead atoms. The molecule has 1 atom stereocenters. The number of anilines is 1. The topological polar surface area (TPSA) is 67.2 Å². The van der Waals surface area contributed by atoms with Crippen LogP contribution >= 0.6 is 0 Å². The molecular weight excluding hydrogens is 230 g/mol. The highest BCUT2D eigenvalue weighted by Gasteiger charge is 2.12. The van der Waals surface area contributed by atoms with Gasteiger partial charge >= 0.3 is 0 Å². The summed E-state index contributed by atoms with van der Waals surface area (Å²) in [4.78, 5) is 16.1. The van der Waals surface area contributed by atoms with Crippen LogP contribution in [0.15, 0.2) is 22.6 Å². The smallest absolute Gasteiger partial charge is 0.228 e. The maximum absolute atomic E-state index is 11.8. The molecule has 1 aromatic carbocycles. The molecule has 1 amide bonds. The van der Waals surface area contributed by atoms with Gasteiger partial charge in [0.05, 0.1) is 0 Å².